The van der Waals surface area contributed by atoms with Gasteiger partial charge in [-0.25, -0.2) is 4.39 Å². The lowest BCUT2D eigenvalue weighted by Gasteiger charge is -2.19. The minimum Gasteiger partial charge on any atom is -0.497 e. The molecule has 0 saturated carbocycles. The number of hydrogen-bond donors (Lipinski definition) is 2. The number of hydrogen-bond acceptors (Lipinski definition) is 7. The fourth-order valence-electron chi connectivity index (χ4n) is 2.88. The summed E-state index contributed by atoms with van der Waals surface area (Å²) >= 11 is 0. The maximum Gasteiger partial charge on any atom is 0.408 e. The van der Waals surface area contributed by atoms with Crippen LogP contribution < -0.4 is 15.4 Å². The average molecular weight is 439 g/mol. The van der Waals surface area contributed by atoms with Gasteiger partial charge in [0.15, 0.2) is 17.4 Å². The van der Waals surface area contributed by atoms with E-state index < -0.39 is 23.8 Å². The molecule has 2 aromatic rings. The second kappa shape index (κ2) is 9.27. The summed E-state index contributed by atoms with van der Waals surface area (Å²) in [5, 5.41) is 5.07. The number of nitrogens with one attached hydrogen (secondary N) is 2. The van der Waals surface area contributed by atoms with Gasteiger partial charge < -0.3 is 15.4 Å². The van der Waals surface area contributed by atoms with Crippen LogP contribution in [-0.4, -0.2) is 40.1 Å². The van der Waals surface area contributed by atoms with E-state index in [1.165, 1.54) is 0 Å². The van der Waals surface area contributed by atoms with Gasteiger partial charge in [0.25, 0.3) is 0 Å². The van der Waals surface area contributed by atoms with Crippen LogP contribution in [0.4, 0.5) is 29.5 Å². The van der Waals surface area contributed by atoms with E-state index in [2.05, 4.69) is 25.6 Å². The first-order chi connectivity index (χ1) is 14.7. The smallest absolute Gasteiger partial charge is 0.408 e. The number of halogens is 4. The molecule has 1 heterocycles. The lowest BCUT2D eigenvalue weighted by atomic mass is 9.97. The van der Waals surface area contributed by atoms with Gasteiger partial charge in [0.05, 0.1) is 7.11 Å². The van der Waals surface area contributed by atoms with Gasteiger partial charge in [-0.05, 0) is 37.5 Å². The van der Waals surface area contributed by atoms with E-state index in [0.717, 1.165) is 12.5 Å². The summed E-state index contributed by atoms with van der Waals surface area (Å²) < 4.78 is 58.3. The molecule has 3 rings (SSSR count). The molecule has 166 valence electrons. The molecular formula is C20H21F4N5O2. The zero-order valence-corrected chi connectivity index (χ0v) is 16.9. The van der Waals surface area contributed by atoms with Gasteiger partial charge in [-0.3, -0.25) is 4.79 Å². The van der Waals surface area contributed by atoms with Crippen LogP contribution in [0.5, 0.6) is 5.75 Å². The second-order valence-electron chi connectivity index (χ2n) is 6.98. The highest BCUT2D eigenvalue weighted by molar-refractivity contribution is 6.01. The standard InChI is InChI=1S/C20H21F4N5O2/c1-11(20(22,23)24)26-19-28-17(14-4-3-5-15(30)16(14)21)27-18(29-19)25-10-12-6-8-13(31-2)9-7-12/h6-9,11H,3-5,10H2,1-2H3,(H2,25,26,27,28,29)/t11-/m1/s1. The fraction of sp³-hybridized carbons (Fsp3) is 0.400. The predicted molar refractivity (Wildman–Crippen MR) is 106 cm³/mol. The van der Waals surface area contributed by atoms with E-state index >= 15 is 0 Å². The normalized spacial score (nSPS) is 15.6. The summed E-state index contributed by atoms with van der Waals surface area (Å²) in [4.78, 5) is 23.8. The minimum absolute atomic E-state index is 0.0335. The lowest BCUT2D eigenvalue weighted by molar-refractivity contribution is -0.138. The number of carbonyl (C=O) groups is 1. The molecule has 31 heavy (non-hydrogen) atoms. The number of methoxy groups -OCH3 is 1. The van der Waals surface area contributed by atoms with Crippen LogP contribution in [0.25, 0.3) is 5.57 Å². The summed E-state index contributed by atoms with van der Waals surface area (Å²) in [6.45, 7) is 1.17. The Morgan fingerprint density at radius 3 is 2.42 bits per heavy atom. The van der Waals surface area contributed by atoms with Crippen LogP contribution >= 0.6 is 0 Å². The Kier molecular flexibility index (Phi) is 6.71. The number of anilines is 2. The molecule has 1 atom stereocenters. The van der Waals surface area contributed by atoms with E-state index in [-0.39, 0.29) is 42.7 Å². The molecule has 0 spiro atoms. The number of allylic oxidation sites excluding steroid dienone is 2. The van der Waals surface area contributed by atoms with Crippen LogP contribution in [0.2, 0.25) is 0 Å². The number of benzene rings is 1. The highest BCUT2D eigenvalue weighted by atomic mass is 19.4. The van der Waals surface area contributed by atoms with Crippen LogP contribution in [0.15, 0.2) is 30.1 Å². The Morgan fingerprint density at radius 2 is 1.77 bits per heavy atom. The second-order valence-corrected chi connectivity index (χ2v) is 6.98. The highest BCUT2D eigenvalue weighted by Crippen LogP contribution is 2.30. The molecular weight excluding hydrogens is 418 g/mol. The SMILES string of the molecule is COc1ccc(CNc2nc(N[C@H](C)C(F)(F)F)nc(C3=C(F)C(=O)CCC3)n2)cc1. The first-order valence-electron chi connectivity index (χ1n) is 9.55. The summed E-state index contributed by atoms with van der Waals surface area (Å²) in [5.74, 6) is -1.56. The van der Waals surface area contributed by atoms with Gasteiger partial charge in [0.1, 0.15) is 11.8 Å². The van der Waals surface area contributed by atoms with Gasteiger partial charge in [0.2, 0.25) is 11.9 Å². The molecule has 11 heteroatoms. The van der Waals surface area contributed by atoms with Crippen molar-refractivity contribution in [2.75, 3.05) is 17.7 Å². The number of alkyl halides is 3. The number of ether oxygens (including phenoxy) is 1. The van der Waals surface area contributed by atoms with Crippen molar-refractivity contribution in [2.45, 2.75) is 44.9 Å². The molecule has 0 radical (unpaired) electrons. The third-order valence-corrected chi connectivity index (χ3v) is 4.69. The van der Waals surface area contributed by atoms with E-state index in [1.54, 1.807) is 31.4 Å². The summed E-state index contributed by atoms with van der Waals surface area (Å²) in [5.41, 5.74) is 0.799. The van der Waals surface area contributed by atoms with Crippen molar-refractivity contribution in [1.29, 1.82) is 0 Å². The predicted octanol–water partition coefficient (Wildman–Crippen LogP) is 4.29. The van der Waals surface area contributed by atoms with Crippen LogP contribution in [0.1, 0.15) is 37.6 Å². The molecule has 0 unspecified atom stereocenters. The molecule has 0 saturated heterocycles. The largest absolute Gasteiger partial charge is 0.497 e. The fourth-order valence-corrected chi connectivity index (χ4v) is 2.88. The number of aromatic nitrogens is 3. The molecule has 2 N–H and O–H groups in total. The van der Waals surface area contributed by atoms with Crippen molar-refractivity contribution in [3.8, 4) is 5.75 Å². The maximum atomic E-state index is 14.4. The molecule has 1 aromatic heterocycles. The van der Waals surface area contributed by atoms with Crippen LogP contribution in [-0.2, 0) is 11.3 Å². The van der Waals surface area contributed by atoms with Crippen molar-refractivity contribution in [3.63, 3.8) is 0 Å². The zero-order valence-electron chi connectivity index (χ0n) is 16.9. The van der Waals surface area contributed by atoms with Gasteiger partial charge in [-0.2, -0.15) is 28.1 Å². The third kappa shape index (κ3) is 5.68. The highest BCUT2D eigenvalue weighted by Gasteiger charge is 2.36. The van der Waals surface area contributed by atoms with Gasteiger partial charge in [0, 0.05) is 18.5 Å². The van der Waals surface area contributed by atoms with Crippen molar-refractivity contribution in [1.82, 2.24) is 15.0 Å². The first-order valence-corrected chi connectivity index (χ1v) is 9.55. The van der Waals surface area contributed by atoms with E-state index in [0.29, 0.717) is 12.2 Å². The Bertz CT molecular complexity index is 977. The monoisotopic (exact) mass is 439 g/mol. The molecule has 0 amide bonds. The number of rotatable bonds is 7. The lowest BCUT2D eigenvalue weighted by Crippen LogP contribution is -2.34. The van der Waals surface area contributed by atoms with E-state index in [4.69, 9.17) is 4.74 Å². The van der Waals surface area contributed by atoms with Crippen molar-refractivity contribution in [2.24, 2.45) is 0 Å². The molecule has 0 aliphatic heterocycles. The minimum atomic E-state index is -4.53. The topological polar surface area (TPSA) is 89.0 Å². The zero-order chi connectivity index (χ0) is 22.6. The Morgan fingerprint density at radius 1 is 1.10 bits per heavy atom. The third-order valence-electron chi connectivity index (χ3n) is 4.69. The van der Waals surface area contributed by atoms with Crippen molar-refractivity contribution >= 4 is 23.3 Å². The summed E-state index contributed by atoms with van der Waals surface area (Å²) in [6, 6.07) is 5.15. The van der Waals surface area contributed by atoms with Gasteiger partial charge >= 0.3 is 6.18 Å². The number of nitrogens with zero attached hydrogens (tertiary/aromatic N) is 3. The summed E-state index contributed by atoms with van der Waals surface area (Å²) in [7, 11) is 1.54. The van der Waals surface area contributed by atoms with Crippen LogP contribution in [0, 0.1) is 0 Å². The quantitative estimate of drug-likeness (QED) is 0.622. The Balaban J connectivity index is 1.90. The van der Waals surface area contributed by atoms with Crippen molar-refractivity contribution < 1.29 is 27.1 Å². The summed E-state index contributed by atoms with van der Waals surface area (Å²) in [6.07, 6.45) is -3.86. The Hall–Kier alpha value is -3.24. The number of ketones is 1. The first kappa shape index (κ1) is 22.4. The molecule has 1 aliphatic rings. The molecule has 7 nitrogen and oxygen atoms in total. The number of Topliss-reactive ketones (excluding diaryl/α,β-unsaturated/α-hetero) is 1. The van der Waals surface area contributed by atoms with Gasteiger partial charge in [-0.1, -0.05) is 12.1 Å². The van der Waals surface area contributed by atoms with E-state index in [1.807, 2.05) is 0 Å². The van der Waals surface area contributed by atoms with E-state index in [9.17, 15) is 22.4 Å². The van der Waals surface area contributed by atoms with Crippen molar-refractivity contribution in [3.05, 3.63) is 41.5 Å². The molecule has 1 aromatic carbocycles. The molecule has 0 bridgehead atoms. The average Bonchev–Trinajstić information content (AvgIpc) is 2.73. The van der Waals surface area contributed by atoms with Gasteiger partial charge in [-0.15, -0.1) is 0 Å². The number of carbonyl (C=O) groups excluding carboxylic acids is 1. The maximum absolute atomic E-state index is 14.4. The van der Waals surface area contributed by atoms with Crippen LogP contribution in [0.3, 0.4) is 0 Å². The molecule has 0 fully saturated rings. The Labute approximate surface area is 176 Å². The molecule has 1 aliphatic carbocycles.